The third-order valence-electron chi connectivity index (χ3n) is 4.00. The lowest BCUT2D eigenvalue weighted by Crippen LogP contribution is -2.34. The minimum atomic E-state index is -0.590. The van der Waals surface area contributed by atoms with Gasteiger partial charge in [-0.05, 0) is 35.7 Å². The van der Waals surface area contributed by atoms with Crippen molar-refractivity contribution in [1.82, 2.24) is 5.32 Å². The molecule has 3 rings (SSSR count). The molecule has 4 heteroatoms. The second-order valence-corrected chi connectivity index (χ2v) is 5.50. The summed E-state index contributed by atoms with van der Waals surface area (Å²) < 4.78 is 0. The highest BCUT2D eigenvalue weighted by Gasteiger charge is 2.32. The lowest BCUT2D eigenvalue weighted by molar-refractivity contribution is 0.0857. The van der Waals surface area contributed by atoms with Crippen molar-refractivity contribution >= 4 is 11.6 Å². The number of benzene rings is 2. The van der Waals surface area contributed by atoms with Crippen LogP contribution < -0.4 is 11.1 Å². The first-order chi connectivity index (χ1) is 10.1. The number of hydrogen-bond donors (Lipinski definition) is 3. The molecule has 2 atom stereocenters. The molecule has 0 saturated heterocycles. The van der Waals surface area contributed by atoms with Crippen LogP contribution in [-0.4, -0.2) is 17.1 Å². The third-order valence-corrected chi connectivity index (χ3v) is 4.00. The predicted octanol–water partition coefficient (Wildman–Crippen LogP) is 1.97. The molecule has 4 N–H and O–H groups in total. The van der Waals surface area contributed by atoms with Crippen LogP contribution in [0.5, 0.6) is 0 Å². The van der Waals surface area contributed by atoms with Gasteiger partial charge < -0.3 is 16.2 Å². The molecule has 1 aliphatic carbocycles. The largest absolute Gasteiger partial charge is 0.399 e. The molecule has 0 spiro atoms. The van der Waals surface area contributed by atoms with Crippen molar-refractivity contribution in [2.24, 2.45) is 0 Å². The quantitative estimate of drug-likeness (QED) is 0.737. The number of hydrogen-bond acceptors (Lipinski definition) is 3. The number of amides is 1. The molecule has 108 valence electrons. The zero-order chi connectivity index (χ0) is 15.0. The van der Waals surface area contributed by atoms with Crippen molar-refractivity contribution < 1.29 is 9.90 Å². The van der Waals surface area contributed by atoms with Crippen molar-refractivity contribution in [3.8, 4) is 0 Å². The van der Waals surface area contributed by atoms with Gasteiger partial charge in [0.25, 0.3) is 5.91 Å². The molecule has 21 heavy (non-hydrogen) atoms. The summed E-state index contributed by atoms with van der Waals surface area (Å²) in [6.07, 6.45) is -0.0236. The minimum absolute atomic E-state index is 0.208. The van der Waals surface area contributed by atoms with Gasteiger partial charge in [-0.2, -0.15) is 0 Å². The smallest absolute Gasteiger partial charge is 0.252 e. The topological polar surface area (TPSA) is 75.4 Å². The number of aliphatic hydroxyl groups is 1. The standard InChI is InChI=1S/C17H18N2O2/c1-10-6-7-12(18)9-14(10)17(21)19-16-13-5-3-2-4-11(13)8-15(16)20/h2-7,9,15-16,20H,8,18H2,1H3,(H,19,21)/t15-,16+/m0/s1. The molecular formula is C17H18N2O2. The molecule has 1 aliphatic rings. The highest BCUT2D eigenvalue weighted by molar-refractivity contribution is 5.96. The lowest BCUT2D eigenvalue weighted by Gasteiger charge is -2.18. The van der Waals surface area contributed by atoms with E-state index < -0.39 is 6.10 Å². The Balaban J connectivity index is 1.87. The van der Waals surface area contributed by atoms with E-state index in [1.807, 2.05) is 37.3 Å². The summed E-state index contributed by atoms with van der Waals surface area (Å²) in [6, 6.07) is 12.7. The van der Waals surface area contributed by atoms with Crippen molar-refractivity contribution in [1.29, 1.82) is 0 Å². The van der Waals surface area contributed by atoms with E-state index in [1.54, 1.807) is 12.1 Å². The average molecular weight is 282 g/mol. The number of nitrogens with two attached hydrogens (primary N) is 1. The Morgan fingerprint density at radius 2 is 2.05 bits per heavy atom. The first kappa shape index (κ1) is 13.6. The summed E-state index contributed by atoms with van der Waals surface area (Å²) in [5.41, 5.74) is 9.78. The first-order valence-electron chi connectivity index (χ1n) is 6.99. The van der Waals surface area contributed by atoms with Gasteiger partial charge in [0.2, 0.25) is 0 Å². The number of carbonyl (C=O) groups excluding carboxylic acids is 1. The van der Waals surface area contributed by atoms with Crippen LogP contribution in [0.1, 0.15) is 33.1 Å². The highest BCUT2D eigenvalue weighted by Crippen LogP contribution is 2.31. The second-order valence-electron chi connectivity index (χ2n) is 5.50. The normalized spacial score (nSPS) is 20.1. The van der Waals surface area contributed by atoms with Gasteiger partial charge in [0, 0.05) is 17.7 Å². The van der Waals surface area contributed by atoms with Crippen LogP contribution in [-0.2, 0) is 6.42 Å². The molecule has 0 bridgehead atoms. The Morgan fingerprint density at radius 3 is 2.86 bits per heavy atom. The van der Waals surface area contributed by atoms with E-state index in [4.69, 9.17) is 5.73 Å². The number of anilines is 1. The van der Waals surface area contributed by atoms with E-state index in [-0.39, 0.29) is 11.9 Å². The molecule has 0 aliphatic heterocycles. The molecule has 4 nitrogen and oxygen atoms in total. The lowest BCUT2D eigenvalue weighted by atomic mass is 10.0. The van der Waals surface area contributed by atoms with E-state index in [0.717, 1.165) is 16.7 Å². The predicted molar refractivity (Wildman–Crippen MR) is 82.0 cm³/mol. The summed E-state index contributed by atoms with van der Waals surface area (Å²) in [6.45, 7) is 1.87. The van der Waals surface area contributed by atoms with Gasteiger partial charge >= 0.3 is 0 Å². The Hall–Kier alpha value is -2.33. The van der Waals surface area contributed by atoms with Crippen molar-refractivity contribution in [2.45, 2.75) is 25.5 Å². The first-order valence-corrected chi connectivity index (χ1v) is 6.99. The molecule has 2 aromatic rings. The second kappa shape index (κ2) is 5.22. The number of fused-ring (bicyclic) bond motifs is 1. The van der Waals surface area contributed by atoms with Gasteiger partial charge in [-0.1, -0.05) is 30.3 Å². The van der Waals surface area contributed by atoms with Crippen molar-refractivity contribution in [3.63, 3.8) is 0 Å². The van der Waals surface area contributed by atoms with Crippen LogP contribution in [0.25, 0.3) is 0 Å². The number of nitrogens with one attached hydrogen (secondary N) is 1. The maximum atomic E-state index is 12.5. The highest BCUT2D eigenvalue weighted by atomic mass is 16.3. The van der Waals surface area contributed by atoms with Gasteiger partial charge in [-0.3, -0.25) is 4.79 Å². The van der Waals surface area contributed by atoms with Gasteiger partial charge in [0.05, 0.1) is 12.1 Å². The Bertz CT molecular complexity index is 697. The summed E-state index contributed by atoms with van der Waals surface area (Å²) in [5.74, 6) is -0.208. The molecule has 1 amide bonds. The van der Waals surface area contributed by atoms with Crippen molar-refractivity contribution in [2.75, 3.05) is 5.73 Å². The Kier molecular flexibility index (Phi) is 3.39. The van der Waals surface area contributed by atoms with E-state index in [9.17, 15) is 9.90 Å². The van der Waals surface area contributed by atoms with Gasteiger partial charge in [-0.25, -0.2) is 0 Å². The zero-order valence-electron chi connectivity index (χ0n) is 11.8. The Morgan fingerprint density at radius 1 is 1.29 bits per heavy atom. The fraction of sp³-hybridized carbons (Fsp3) is 0.235. The third kappa shape index (κ3) is 2.50. The van der Waals surface area contributed by atoms with Crippen LogP contribution in [0.3, 0.4) is 0 Å². The van der Waals surface area contributed by atoms with Gasteiger partial charge in [-0.15, -0.1) is 0 Å². The maximum Gasteiger partial charge on any atom is 0.252 e. The van der Waals surface area contributed by atoms with Crippen LogP contribution >= 0.6 is 0 Å². The zero-order valence-corrected chi connectivity index (χ0v) is 11.8. The van der Waals surface area contributed by atoms with E-state index in [2.05, 4.69) is 5.32 Å². The maximum absolute atomic E-state index is 12.5. The number of aryl methyl sites for hydroxylation is 1. The van der Waals surface area contributed by atoms with Crippen LogP contribution in [0.4, 0.5) is 5.69 Å². The number of nitrogen functional groups attached to an aromatic ring is 1. The number of rotatable bonds is 2. The van der Waals surface area contributed by atoms with Crippen LogP contribution in [0, 0.1) is 6.92 Å². The van der Waals surface area contributed by atoms with E-state index >= 15 is 0 Å². The fourth-order valence-corrected chi connectivity index (χ4v) is 2.85. The summed E-state index contributed by atoms with van der Waals surface area (Å²) in [4.78, 5) is 12.5. The van der Waals surface area contributed by atoms with E-state index in [0.29, 0.717) is 17.7 Å². The monoisotopic (exact) mass is 282 g/mol. The molecule has 0 unspecified atom stereocenters. The van der Waals surface area contributed by atoms with Crippen LogP contribution in [0.15, 0.2) is 42.5 Å². The molecule has 2 aromatic carbocycles. The minimum Gasteiger partial charge on any atom is -0.399 e. The molecule has 0 fully saturated rings. The molecule has 0 saturated carbocycles. The summed E-state index contributed by atoms with van der Waals surface area (Å²) in [5, 5.41) is 13.1. The molecule has 0 aromatic heterocycles. The average Bonchev–Trinajstić information content (AvgIpc) is 2.78. The number of aliphatic hydroxyl groups excluding tert-OH is 1. The fourth-order valence-electron chi connectivity index (χ4n) is 2.85. The molecule has 0 radical (unpaired) electrons. The summed E-state index contributed by atoms with van der Waals surface area (Å²) in [7, 11) is 0. The summed E-state index contributed by atoms with van der Waals surface area (Å²) >= 11 is 0. The van der Waals surface area contributed by atoms with Crippen LogP contribution in [0.2, 0.25) is 0 Å². The molecular weight excluding hydrogens is 264 g/mol. The Labute approximate surface area is 123 Å². The van der Waals surface area contributed by atoms with Crippen molar-refractivity contribution in [3.05, 3.63) is 64.7 Å². The van der Waals surface area contributed by atoms with E-state index in [1.165, 1.54) is 0 Å². The molecule has 0 heterocycles. The SMILES string of the molecule is Cc1ccc(N)cc1C(=O)N[C@@H]1c2ccccc2C[C@@H]1O. The van der Waals surface area contributed by atoms with Gasteiger partial charge in [0.15, 0.2) is 0 Å². The van der Waals surface area contributed by atoms with Gasteiger partial charge in [0.1, 0.15) is 0 Å². The number of carbonyl (C=O) groups is 1.